The highest BCUT2D eigenvalue weighted by molar-refractivity contribution is 7.91. The van der Waals surface area contributed by atoms with Crippen molar-refractivity contribution < 1.29 is 18.3 Å². The molecule has 1 rings (SSSR count). The summed E-state index contributed by atoms with van der Waals surface area (Å²) >= 11 is 0. The maximum Gasteiger partial charge on any atom is 0.182 e. The van der Waals surface area contributed by atoms with E-state index < -0.39 is 9.84 Å². The molecule has 4 nitrogen and oxygen atoms in total. The fourth-order valence-corrected chi connectivity index (χ4v) is 3.11. The number of methoxy groups -OCH3 is 1. The second kappa shape index (κ2) is 6.61. The van der Waals surface area contributed by atoms with Gasteiger partial charge in [-0.05, 0) is 25.0 Å². The van der Waals surface area contributed by atoms with Crippen molar-refractivity contribution in [3.63, 3.8) is 0 Å². The van der Waals surface area contributed by atoms with Crippen LogP contribution in [0.1, 0.15) is 19.3 Å². The van der Waals surface area contributed by atoms with Crippen molar-refractivity contribution in [3.05, 3.63) is 24.3 Å². The monoisotopic (exact) mass is 258 g/mol. The molecule has 0 atom stereocenters. The van der Waals surface area contributed by atoms with Crippen molar-refractivity contribution in [2.45, 2.75) is 24.2 Å². The minimum absolute atomic E-state index is 0.0906. The SMILES string of the molecule is COc1ccccc1S(=O)(=O)CCCCCO. The van der Waals surface area contributed by atoms with E-state index in [2.05, 4.69) is 0 Å². The summed E-state index contributed by atoms with van der Waals surface area (Å²) in [6.07, 6.45) is 1.91. The number of ether oxygens (including phenoxy) is 1. The van der Waals surface area contributed by atoms with E-state index >= 15 is 0 Å². The highest BCUT2D eigenvalue weighted by Crippen LogP contribution is 2.24. The summed E-state index contributed by atoms with van der Waals surface area (Å²) in [7, 11) is -1.83. The van der Waals surface area contributed by atoms with Gasteiger partial charge in [0.1, 0.15) is 10.6 Å². The molecule has 0 fully saturated rings. The Morgan fingerprint density at radius 2 is 1.88 bits per heavy atom. The van der Waals surface area contributed by atoms with Crippen LogP contribution in [0.15, 0.2) is 29.2 Å². The number of unbranched alkanes of at least 4 members (excludes halogenated alkanes) is 2. The van der Waals surface area contributed by atoms with Gasteiger partial charge in [0.2, 0.25) is 0 Å². The van der Waals surface area contributed by atoms with E-state index in [1.807, 2.05) is 0 Å². The van der Waals surface area contributed by atoms with E-state index in [9.17, 15) is 8.42 Å². The molecule has 1 N–H and O–H groups in total. The lowest BCUT2D eigenvalue weighted by Crippen LogP contribution is -2.08. The van der Waals surface area contributed by atoms with Crippen LogP contribution < -0.4 is 4.74 Å². The van der Waals surface area contributed by atoms with Crippen LogP contribution in [0.4, 0.5) is 0 Å². The molecule has 0 saturated heterocycles. The number of hydrogen-bond donors (Lipinski definition) is 1. The van der Waals surface area contributed by atoms with Crippen molar-refractivity contribution >= 4 is 9.84 Å². The van der Waals surface area contributed by atoms with Gasteiger partial charge in [-0.15, -0.1) is 0 Å². The molecule has 0 bridgehead atoms. The number of aliphatic hydroxyl groups excluding tert-OH is 1. The molecule has 1 aromatic carbocycles. The molecule has 1 aromatic rings. The van der Waals surface area contributed by atoms with Gasteiger partial charge in [-0.25, -0.2) is 8.42 Å². The third kappa shape index (κ3) is 4.02. The van der Waals surface area contributed by atoms with Gasteiger partial charge < -0.3 is 9.84 Å². The first-order valence-corrected chi connectivity index (χ1v) is 7.23. The average molecular weight is 258 g/mol. The fraction of sp³-hybridized carbons (Fsp3) is 0.500. The first-order chi connectivity index (χ1) is 8.11. The molecular weight excluding hydrogens is 240 g/mol. The number of rotatable bonds is 7. The fourth-order valence-electron chi connectivity index (χ4n) is 1.57. The van der Waals surface area contributed by atoms with Crippen LogP contribution in [0.2, 0.25) is 0 Å². The zero-order valence-corrected chi connectivity index (χ0v) is 10.7. The predicted molar refractivity (Wildman–Crippen MR) is 66.0 cm³/mol. The standard InChI is InChI=1S/C12H18O4S/c1-16-11-7-3-4-8-12(11)17(14,15)10-6-2-5-9-13/h3-4,7-8,13H,2,5-6,9-10H2,1H3. The Morgan fingerprint density at radius 3 is 2.53 bits per heavy atom. The molecule has 96 valence electrons. The van der Waals surface area contributed by atoms with Crippen molar-refractivity contribution in [1.82, 2.24) is 0 Å². The molecule has 17 heavy (non-hydrogen) atoms. The minimum Gasteiger partial charge on any atom is -0.495 e. The van der Waals surface area contributed by atoms with Gasteiger partial charge in [0.15, 0.2) is 9.84 Å². The van der Waals surface area contributed by atoms with E-state index in [-0.39, 0.29) is 17.3 Å². The summed E-state index contributed by atoms with van der Waals surface area (Å²) in [6, 6.07) is 6.62. The van der Waals surface area contributed by atoms with E-state index in [0.29, 0.717) is 25.0 Å². The van der Waals surface area contributed by atoms with Crippen LogP contribution in [-0.4, -0.2) is 33.0 Å². The highest BCUT2D eigenvalue weighted by atomic mass is 32.2. The first-order valence-electron chi connectivity index (χ1n) is 5.58. The van der Waals surface area contributed by atoms with Gasteiger partial charge in [-0.2, -0.15) is 0 Å². The van der Waals surface area contributed by atoms with E-state index in [4.69, 9.17) is 9.84 Å². The Kier molecular flexibility index (Phi) is 5.44. The normalized spacial score (nSPS) is 11.4. The zero-order chi connectivity index (χ0) is 12.7. The van der Waals surface area contributed by atoms with Gasteiger partial charge in [-0.3, -0.25) is 0 Å². The smallest absolute Gasteiger partial charge is 0.182 e. The van der Waals surface area contributed by atoms with E-state index in [0.717, 1.165) is 0 Å². The predicted octanol–water partition coefficient (Wildman–Crippen LogP) is 1.63. The van der Waals surface area contributed by atoms with Crippen LogP contribution in [0.5, 0.6) is 5.75 Å². The zero-order valence-electron chi connectivity index (χ0n) is 9.93. The van der Waals surface area contributed by atoms with Gasteiger partial charge in [0.25, 0.3) is 0 Å². The van der Waals surface area contributed by atoms with Crippen molar-refractivity contribution in [2.24, 2.45) is 0 Å². The summed E-state index contributed by atoms with van der Waals surface area (Å²) in [5, 5.41) is 8.63. The number of sulfone groups is 1. The van der Waals surface area contributed by atoms with Crippen molar-refractivity contribution in [2.75, 3.05) is 19.5 Å². The molecule has 0 aliphatic rings. The molecule has 0 aliphatic heterocycles. The number of aliphatic hydroxyl groups is 1. The molecule has 0 aromatic heterocycles. The Bertz CT molecular complexity index is 440. The van der Waals surface area contributed by atoms with E-state index in [1.54, 1.807) is 24.3 Å². The maximum absolute atomic E-state index is 12.0. The Morgan fingerprint density at radius 1 is 1.18 bits per heavy atom. The summed E-state index contributed by atoms with van der Waals surface area (Å²) in [5.41, 5.74) is 0. The van der Waals surface area contributed by atoms with Crippen LogP contribution in [-0.2, 0) is 9.84 Å². The minimum atomic E-state index is -3.29. The van der Waals surface area contributed by atoms with Gasteiger partial charge in [0.05, 0.1) is 12.9 Å². The molecule has 0 saturated carbocycles. The number of benzene rings is 1. The van der Waals surface area contributed by atoms with Gasteiger partial charge in [0, 0.05) is 6.61 Å². The largest absolute Gasteiger partial charge is 0.495 e. The lowest BCUT2D eigenvalue weighted by molar-refractivity contribution is 0.284. The Labute approximate surface area is 102 Å². The topological polar surface area (TPSA) is 63.6 Å². The van der Waals surface area contributed by atoms with Crippen LogP contribution in [0, 0.1) is 0 Å². The molecule has 5 heteroatoms. The number of para-hydroxylation sites is 1. The number of hydrogen-bond acceptors (Lipinski definition) is 4. The molecule has 0 unspecified atom stereocenters. The highest BCUT2D eigenvalue weighted by Gasteiger charge is 2.18. The second-order valence-electron chi connectivity index (χ2n) is 3.75. The summed E-state index contributed by atoms with van der Waals surface area (Å²) in [6.45, 7) is 0.106. The van der Waals surface area contributed by atoms with Gasteiger partial charge >= 0.3 is 0 Å². The summed E-state index contributed by atoms with van der Waals surface area (Å²) in [5.74, 6) is 0.475. The van der Waals surface area contributed by atoms with Gasteiger partial charge in [-0.1, -0.05) is 18.6 Å². The lowest BCUT2D eigenvalue weighted by Gasteiger charge is -2.08. The Balaban J connectivity index is 2.75. The van der Waals surface area contributed by atoms with Crippen LogP contribution >= 0.6 is 0 Å². The molecule has 0 aliphatic carbocycles. The average Bonchev–Trinajstić information content (AvgIpc) is 2.34. The van der Waals surface area contributed by atoms with Crippen molar-refractivity contribution in [1.29, 1.82) is 0 Å². The maximum atomic E-state index is 12.0. The van der Waals surface area contributed by atoms with Crippen molar-refractivity contribution in [3.8, 4) is 5.75 Å². The summed E-state index contributed by atoms with van der Waals surface area (Å²) in [4.78, 5) is 0.242. The molecule has 0 spiro atoms. The van der Waals surface area contributed by atoms with Crippen LogP contribution in [0.25, 0.3) is 0 Å². The molecule has 0 amide bonds. The van der Waals surface area contributed by atoms with E-state index in [1.165, 1.54) is 7.11 Å². The third-order valence-electron chi connectivity index (χ3n) is 2.48. The third-order valence-corrected chi connectivity index (χ3v) is 4.31. The first kappa shape index (κ1) is 14.0. The Hall–Kier alpha value is -1.07. The quantitative estimate of drug-likeness (QED) is 0.755. The molecular formula is C12H18O4S. The lowest BCUT2D eigenvalue weighted by atomic mass is 10.3. The van der Waals surface area contributed by atoms with Crippen LogP contribution in [0.3, 0.4) is 0 Å². The summed E-state index contributed by atoms with van der Waals surface area (Å²) < 4.78 is 29.1. The molecule has 0 radical (unpaired) electrons. The molecule has 0 heterocycles. The second-order valence-corrected chi connectivity index (χ2v) is 5.83.